The van der Waals surface area contributed by atoms with E-state index in [1.807, 2.05) is 6.92 Å². The van der Waals surface area contributed by atoms with Gasteiger partial charge in [-0.25, -0.2) is 8.78 Å². The number of aryl methyl sites for hydroxylation is 1. The quantitative estimate of drug-likeness (QED) is 0.777. The molecule has 0 aliphatic rings. The van der Waals surface area contributed by atoms with Gasteiger partial charge in [0.15, 0.2) is 5.82 Å². The van der Waals surface area contributed by atoms with Gasteiger partial charge in [0.1, 0.15) is 11.5 Å². The third kappa shape index (κ3) is 2.05. The van der Waals surface area contributed by atoms with E-state index >= 15 is 0 Å². The Bertz CT molecular complexity index is 512. The number of halogens is 2. The van der Waals surface area contributed by atoms with E-state index in [0.717, 1.165) is 24.4 Å². The van der Waals surface area contributed by atoms with Crippen LogP contribution in [0, 0.1) is 11.6 Å². The zero-order valence-corrected chi connectivity index (χ0v) is 8.74. The predicted molar refractivity (Wildman–Crippen MR) is 56.8 cm³/mol. The molecule has 2 rings (SSSR count). The standard InChI is InChI=1S/C12H10F2N2/c1-2-10-5-8(3-4-15-10)12-11(14)6-9(13)7-16-12/h3-7H,2H2,1H3. The zero-order valence-electron chi connectivity index (χ0n) is 8.74. The molecule has 16 heavy (non-hydrogen) atoms. The van der Waals surface area contributed by atoms with E-state index in [1.54, 1.807) is 18.3 Å². The topological polar surface area (TPSA) is 25.8 Å². The van der Waals surface area contributed by atoms with Crippen molar-refractivity contribution in [1.29, 1.82) is 0 Å². The first-order valence-electron chi connectivity index (χ1n) is 4.97. The average molecular weight is 220 g/mol. The van der Waals surface area contributed by atoms with Crippen molar-refractivity contribution in [1.82, 2.24) is 9.97 Å². The number of aromatic nitrogens is 2. The van der Waals surface area contributed by atoms with Crippen LogP contribution in [-0.2, 0) is 6.42 Å². The summed E-state index contributed by atoms with van der Waals surface area (Å²) in [6.45, 7) is 1.96. The third-order valence-electron chi connectivity index (χ3n) is 2.26. The SMILES string of the molecule is CCc1cc(-c2ncc(F)cc2F)ccn1. The molecule has 2 aromatic heterocycles. The lowest BCUT2D eigenvalue weighted by Gasteiger charge is -2.03. The van der Waals surface area contributed by atoms with Crippen LogP contribution in [0.5, 0.6) is 0 Å². The van der Waals surface area contributed by atoms with Crippen molar-refractivity contribution in [3.05, 3.63) is 47.9 Å². The van der Waals surface area contributed by atoms with Gasteiger partial charge in [0.2, 0.25) is 0 Å². The second kappa shape index (κ2) is 4.35. The zero-order chi connectivity index (χ0) is 11.5. The first-order valence-corrected chi connectivity index (χ1v) is 4.97. The van der Waals surface area contributed by atoms with Crippen LogP contribution in [0.4, 0.5) is 8.78 Å². The van der Waals surface area contributed by atoms with Gasteiger partial charge < -0.3 is 0 Å². The Morgan fingerprint density at radius 1 is 1.19 bits per heavy atom. The Balaban J connectivity index is 2.49. The summed E-state index contributed by atoms with van der Waals surface area (Å²) < 4.78 is 26.1. The summed E-state index contributed by atoms with van der Waals surface area (Å²) in [7, 11) is 0. The molecule has 0 amide bonds. The van der Waals surface area contributed by atoms with Crippen LogP contribution < -0.4 is 0 Å². The lowest BCUT2D eigenvalue weighted by Crippen LogP contribution is -1.93. The van der Waals surface area contributed by atoms with E-state index in [9.17, 15) is 8.78 Å². The fraction of sp³-hybridized carbons (Fsp3) is 0.167. The first-order chi connectivity index (χ1) is 7.70. The first kappa shape index (κ1) is 10.7. The lowest BCUT2D eigenvalue weighted by atomic mass is 10.1. The fourth-order valence-electron chi connectivity index (χ4n) is 1.45. The summed E-state index contributed by atoms with van der Waals surface area (Å²) >= 11 is 0. The van der Waals surface area contributed by atoms with E-state index in [2.05, 4.69) is 9.97 Å². The molecule has 0 aliphatic heterocycles. The van der Waals surface area contributed by atoms with Gasteiger partial charge >= 0.3 is 0 Å². The van der Waals surface area contributed by atoms with Crippen molar-refractivity contribution < 1.29 is 8.78 Å². The number of hydrogen-bond donors (Lipinski definition) is 0. The number of nitrogens with zero attached hydrogens (tertiary/aromatic N) is 2. The molecular weight excluding hydrogens is 210 g/mol. The summed E-state index contributed by atoms with van der Waals surface area (Å²) in [6, 6.07) is 4.24. The van der Waals surface area contributed by atoms with Crippen molar-refractivity contribution >= 4 is 0 Å². The highest BCUT2D eigenvalue weighted by molar-refractivity contribution is 5.59. The summed E-state index contributed by atoms with van der Waals surface area (Å²) in [5.74, 6) is -1.33. The van der Waals surface area contributed by atoms with Gasteiger partial charge in [0.05, 0.1) is 6.20 Å². The number of hydrogen-bond acceptors (Lipinski definition) is 2. The lowest BCUT2D eigenvalue weighted by molar-refractivity contribution is 0.576. The van der Waals surface area contributed by atoms with Crippen molar-refractivity contribution in [2.75, 3.05) is 0 Å². The van der Waals surface area contributed by atoms with Crippen molar-refractivity contribution in [2.45, 2.75) is 13.3 Å². The highest BCUT2D eigenvalue weighted by atomic mass is 19.1. The van der Waals surface area contributed by atoms with Crippen LogP contribution in [0.1, 0.15) is 12.6 Å². The maximum atomic E-state index is 13.4. The van der Waals surface area contributed by atoms with E-state index in [1.165, 1.54) is 0 Å². The van der Waals surface area contributed by atoms with Gasteiger partial charge in [-0.3, -0.25) is 9.97 Å². The van der Waals surface area contributed by atoms with Crippen molar-refractivity contribution in [3.63, 3.8) is 0 Å². The molecule has 0 N–H and O–H groups in total. The molecule has 0 radical (unpaired) electrons. The van der Waals surface area contributed by atoms with E-state index in [-0.39, 0.29) is 5.69 Å². The normalized spacial score (nSPS) is 10.4. The number of rotatable bonds is 2. The summed E-state index contributed by atoms with van der Waals surface area (Å²) in [5, 5.41) is 0. The molecule has 4 heteroatoms. The van der Waals surface area contributed by atoms with Gasteiger partial charge in [-0.05, 0) is 18.6 Å². The van der Waals surface area contributed by atoms with Crippen LogP contribution in [0.25, 0.3) is 11.3 Å². The molecule has 0 fully saturated rings. The second-order valence-electron chi connectivity index (χ2n) is 3.37. The minimum absolute atomic E-state index is 0.151. The fourth-order valence-corrected chi connectivity index (χ4v) is 1.45. The largest absolute Gasteiger partial charge is 0.261 e. The highest BCUT2D eigenvalue weighted by Gasteiger charge is 2.08. The molecule has 0 spiro atoms. The van der Waals surface area contributed by atoms with Crippen LogP contribution >= 0.6 is 0 Å². The summed E-state index contributed by atoms with van der Waals surface area (Å²) in [6.07, 6.45) is 3.36. The second-order valence-corrected chi connectivity index (χ2v) is 3.37. The van der Waals surface area contributed by atoms with Crippen LogP contribution in [0.15, 0.2) is 30.6 Å². The minimum Gasteiger partial charge on any atom is -0.261 e. The summed E-state index contributed by atoms with van der Waals surface area (Å²) in [4.78, 5) is 7.85. The number of pyridine rings is 2. The predicted octanol–water partition coefficient (Wildman–Crippen LogP) is 2.98. The molecule has 2 nitrogen and oxygen atoms in total. The van der Waals surface area contributed by atoms with Gasteiger partial charge in [-0.1, -0.05) is 6.92 Å². The van der Waals surface area contributed by atoms with Crippen LogP contribution in [0.3, 0.4) is 0 Å². The molecule has 0 atom stereocenters. The van der Waals surface area contributed by atoms with E-state index in [0.29, 0.717) is 5.56 Å². The van der Waals surface area contributed by atoms with E-state index < -0.39 is 11.6 Å². The average Bonchev–Trinajstić information content (AvgIpc) is 2.29. The molecule has 2 aromatic rings. The molecule has 0 bridgehead atoms. The van der Waals surface area contributed by atoms with Crippen molar-refractivity contribution in [3.8, 4) is 11.3 Å². The molecule has 2 heterocycles. The molecule has 0 unspecified atom stereocenters. The van der Waals surface area contributed by atoms with Gasteiger partial charge in [-0.15, -0.1) is 0 Å². The Hall–Kier alpha value is -1.84. The molecule has 0 aromatic carbocycles. The van der Waals surface area contributed by atoms with E-state index in [4.69, 9.17) is 0 Å². The van der Waals surface area contributed by atoms with Gasteiger partial charge in [-0.2, -0.15) is 0 Å². The Morgan fingerprint density at radius 3 is 2.69 bits per heavy atom. The Labute approximate surface area is 92.0 Å². The van der Waals surface area contributed by atoms with Crippen LogP contribution in [0.2, 0.25) is 0 Å². The van der Waals surface area contributed by atoms with Gasteiger partial charge in [0.25, 0.3) is 0 Å². The van der Waals surface area contributed by atoms with Crippen molar-refractivity contribution in [2.24, 2.45) is 0 Å². The maximum Gasteiger partial charge on any atom is 0.152 e. The Kier molecular flexibility index (Phi) is 2.90. The minimum atomic E-state index is -0.675. The molecule has 82 valence electrons. The van der Waals surface area contributed by atoms with Gasteiger partial charge in [0, 0.05) is 23.5 Å². The maximum absolute atomic E-state index is 13.4. The molecular formula is C12H10F2N2. The molecule has 0 aliphatic carbocycles. The third-order valence-corrected chi connectivity index (χ3v) is 2.26. The van der Waals surface area contributed by atoms with Crippen LogP contribution in [-0.4, -0.2) is 9.97 Å². The highest BCUT2D eigenvalue weighted by Crippen LogP contribution is 2.20. The molecule has 0 saturated carbocycles. The smallest absolute Gasteiger partial charge is 0.152 e. The monoisotopic (exact) mass is 220 g/mol. The summed E-state index contributed by atoms with van der Waals surface area (Å²) in [5.41, 5.74) is 1.62. The molecule has 0 saturated heterocycles. The Morgan fingerprint density at radius 2 is 2.00 bits per heavy atom.